The second-order valence-corrected chi connectivity index (χ2v) is 7.28. The molecule has 0 radical (unpaired) electrons. The number of thioether (sulfide) groups is 1. The highest BCUT2D eigenvalue weighted by Crippen LogP contribution is 2.33. The van der Waals surface area contributed by atoms with Crippen LogP contribution in [-0.2, 0) is 4.79 Å². The lowest BCUT2D eigenvalue weighted by Crippen LogP contribution is -2.28. The molecular formula is C21H19ClN2O4S. The Morgan fingerprint density at radius 1 is 1.14 bits per heavy atom. The van der Waals surface area contributed by atoms with Crippen molar-refractivity contribution in [1.29, 1.82) is 0 Å². The third kappa shape index (κ3) is 6.04. The van der Waals surface area contributed by atoms with Crippen molar-refractivity contribution in [3.63, 3.8) is 0 Å². The average Bonchev–Trinajstić information content (AvgIpc) is 2.71. The molecule has 1 aromatic heterocycles. The van der Waals surface area contributed by atoms with Gasteiger partial charge in [-0.3, -0.25) is 4.79 Å². The van der Waals surface area contributed by atoms with Crippen molar-refractivity contribution in [3.8, 4) is 17.2 Å². The summed E-state index contributed by atoms with van der Waals surface area (Å²) in [4.78, 5) is 12.4. The highest BCUT2D eigenvalue weighted by molar-refractivity contribution is 7.99. The van der Waals surface area contributed by atoms with E-state index < -0.39 is 0 Å². The first-order valence-electron chi connectivity index (χ1n) is 8.86. The number of hydrogen-bond acceptors (Lipinski definition) is 5. The van der Waals surface area contributed by atoms with E-state index >= 15 is 0 Å². The van der Waals surface area contributed by atoms with Gasteiger partial charge in [0.15, 0.2) is 11.9 Å². The zero-order valence-electron chi connectivity index (χ0n) is 15.6. The molecule has 0 bridgehead atoms. The lowest BCUT2D eigenvalue weighted by Gasteiger charge is -2.13. The minimum Gasteiger partial charge on any atom is -0.618 e. The Labute approximate surface area is 178 Å². The summed E-state index contributed by atoms with van der Waals surface area (Å²) in [5.74, 6) is 1.59. The fraction of sp³-hybridized carbons (Fsp3) is 0.143. The van der Waals surface area contributed by atoms with Gasteiger partial charge < -0.3 is 20.0 Å². The Bertz CT molecular complexity index is 983. The fourth-order valence-corrected chi connectivity index (χ4v) is 3.32. The maximum atomic E-state index is 12.4. The Balaban J connectivity index is 1.68. The zero-order valence-corrected chi connectivity index (χ0v) is 17.2. The van der Waals surface area contributed by atoms with Crippen LogP contribution in [0, 0.1) is 5.21 Å². The van der Waals surface area contributed by atoms with Gasteiger partial charge in [-0.2, -0.15) is 4.73 Å². The molecule has 29 heavy (non-hydrogen) atoms. The second kappa shape index (κ2) is 10.0. The summed E-state index contributed by atoms with van der Waals surface area (Å²) in [6, 6.07) is 17.2. The summed E-state index contributed by atoms with van der Waals surface area (Å²) in [6.45, 7) is 2.50. The van der Waals surface area contributed by atoms with Crippen LogP contribution in [0.25, 0.3) is 0 Å². The summed E-state index contributed by atoms with van der Waals surface area (Å²) < 4.78 is 12.0. The number of hydrogen-bond donors (Lipinski definition) is 1. The number of rotatable bonds is 8. The van der Waals surface area contributed by atoms with E-state index in [0.29, 0.717) is 33.8 Å². The molecule has 0 saturated carbocycles. The van der Waals surface area contributed by atoms with E-state index in [1.807, 2.05) is 19.1 Å². The molecule has 1 N–H and O–H groups in total. The van der Waals surface area contributed by atoms with E-state index in [0.717, 1.165) is 22.2 Å². The van der Waals surface area contributed by atoms with Gasteiger partial charge in [0.25, 0.3) is 5.03 Å². The van der Waals surface area contributed by atoms with Gasteiger partial charge in [-0.05, 0) is 67.2 Å². The molecule has 0 aliphatic rings. The van der Waals surface area contributed by atoms with Crippen molar-refractivity contribution >= 4 is 35.0 Å². The van der Waals surface area contributed by atoms with Crippen molar-refractivity contribution < 1.29 is 19.0 Å². The van der Waals surface area contributed by atoms with Crippen molar-refractivity contribution in [2.24, 2.45) is 0 Å². The molecule has 1 amide bonds. The highest BCUT2D eigenvalue weighted by atomic mass is 35.5. The predicted octanol–water partition coefficient (Wildman–Crippen LogP) is 4.90. The topological polar surface area (TPSA) is 74.5 Å². The first-order valence-corrected chi connectivity index (χ1v) is 10.2. The van der Waals surface area contributed by atoms with Gasteiger partial charge in [0.1, 0.15) is 11.5 Å². The lowest BCUT2D eigenvalue weighted by molar-refractivity contribution is -0.645. The number of benzene rings is 2. The third-order valence-corrected chi connectivity index (χ3v) is 4.97. The van der Waals surface area contributed by atoms with E-state index in [2.05, 4.69) is 5.32 Å². The van der Waals surface area contributed by atoms with Gasteiger partial charge in [0.2, 0.25) is 5.91 Å². The molecule has 0 spiro atoms. The molecule has 3 rings (SSSR count). The first-order chi connectivity index (χ1) is 14.0. The van der Waals surface area contributed by atoms with Gasteiger partial charge >= 0.3 is 0 Å². The molecule has 3 aromatic rings. The van der Waals surface area contributed by atoms with Crippen LogP contribution in [-0.4, -0.2) is 18.3 Å². The maximum Gasteiger partial charge on any atom is 0.251 e. The van der Waals surface area contributed by atoms with E-state index in [1.165, 1.54) is 6.20 Å². The maximum absolute atomic E-state index is 12.4. The SMILES string of the molecule is CCOc1ccc(Oc2ccc(Cl)cc2NC(=O)CSc2cccc[n+]2[O-])cc1. The van der Waals surface area contributed by atoms with Gasteiger partial charge in [-0.1, -0.05) is 11.6 Å². The number of carbonyl (C=O) groups excluding carboxylic acids is 1. The van der Waals surface area contributed by atoms with Crippen LogP contribution in [0.4, 0.5) is 5.69 Å². The number of nitrogens with one attached hydrogen (secondary N) is 1. The number of carbonyl (C=O) groups is 1. The summed E-state index contributed by atoms with van der Waals surface area (Å²) in [5.41, 5.74) is 0.444. The Hall–Kier alpha value is -2.90. The predicted molar refractivity (Wildman–Crippen MR) is 114 cm³/mol. The molecule has 0 unspecified atom stereocenters. The smallest absolute Gasteiger partial charge is 0.251 e. The molecule has 0 fully saturated rings. The van der Waals surface area contributed by atoms with Crippen LogP contribution in [0.5, 0.6) is 17.2 Å². The molecule has 2 aromatic carbocycles. The van der Waals surface area contributed by atoms with E-state index in [9.17, 15) is 10.0 Å². The lowest BCUT2D eigenvalue weighted by atomic mass is 10.2. The third-order valence-electron chi connectivity index (χ3n) is 3.72. The van der Waals surface area contributed by atoms with Gasteiger partial charge in [0, 0.05) is 17.2 Å². The van der Waals surface area contributed by atoms with Gasteiger partial charge in [-0.15, -0.1) is 0 Å². The highest BCUT2D eigenvalue weighted by Gasteiger charge is 2.13. The molecule has 0 aliphatic carbocycles. The molecule has 6 nitrogen and oxygen atoms in total. The van der Waals surface area contributed by atoms with Crippen LogP contribution in [0.1, 0.15) is 6.92 Å². The number of aromatic nitrogens is 1. The molecule has 0 aliphatic heterocycles. The molecule has 0 atom stereocenters. The van der Waals surface area contributed by atoms with Crippen LogP contribution >= 0.6 is 23.4 Å². The van der Waals surface area contributed by atoms with E-state index in [4.69, 9.17) is 21.1 Å². The Kier molecular flexibility index (Phi) is 7.21. The normalized spacial score (nSPS) is 10.4. The van der Waals surface area contributed by atoms with Crippen molar-refractivity contribution in [1.82, 2.24) is 0 Å². The average molecular weight is 431 g/mol. The molecule has 1 heterocycles. The monoisotopic (exact) mass is 430 g/mol. The van der Waals surface area contributed by atoms with E-state index in [-0.39, 0.29) is 11.7 Å². The minimum absolute atomic E-state index is 0.0707. The number of amides is 1. The van der Waals surface area contributed by atoms with Crippen molar-refractivity contribution in [3.05, 3.63) is 77.1 Å². The number of nitrogens with zero attached hydrogens (tertiary/aromatic N) is 1. The van der Waals surface area contributed by atoms with Crippen LogP contribution < -0.4 is 19.5 Å². The second-order valence-electron chi connectivity index (χ2n) is 5.85. The number of halogens is 1. The first kappa shape index (κ1) is 20.8. The van der Waals surface area contributed by atoms with Crippen LogP contribution in [0.3, 0.4) is 0 Å². The summed E-state index contributed by atoms with van der Waals surface area (Å²) in [5, 5.41) is 15.4. The Morgan fingerprint density at radius 3 is 2.62 bits per heavy atom. The standard InChI is InChI=1S/C21H19ClN2O4S/c1-2-27-16-7-9-17(10-8-16)28-19-11-6-15(22)13-18(19)23-20(25)14-29-21-5-3-4-12-24(21)26/h3-13H,2,14H2,1H3,(H,23,25). The molecule has 0 saturated heterocycles. The molecular weight excluding hydrogens is 412 g/mol. The summed E-state index contributed by atoms with van der Waals surface area (Å²) in [7, 11) is 0. The quantitative estimate of drug-likeness (QED) is 0.312. The van der Waals surface area contributed by atoms with Crippen molar-refractivity contribution in [2.75, 3.05) is 17.7 Å². The summed E-state index contributed by atoms with van der Waals surface area (Å²) in [6.07, 6.45) is 1.39. The van der Waals surface area contributed by atoms with Gasteiger partial charge in [-0.25, -0.2) is 0 Å². The zero-order chi connectivity index (χ0) is 20.6. The largest absolute Gasteiger partial charge is 0.618 e. The van der Waals surface area contributed by atoms with Crippen molar-refractivity contribution in [2.45, 2.75) is 11.9 Å². The number of anilines is 1. The Morgan fingerprint density at radius 2 is 1.90 bits per heavy atom. The fourth-order valence-electron chi connectivity index (χ4n) is 2.44. The van der Waals surface area contributed by atoms with Gasteiger partial charge in [0.05, 0.1) is 18.0 Å². The van der Waals surface area contributed by atoms with Crippen LogP contribution in [0.2, 0.25) is 5.02 Å². The number of ether oxygens (including phenoxy) is 2. The van der Waals surface area contributed by atoms with E-state index in [1.54, 1.807) is 48.5 Å². The molecule has 150 valence electrons. The number of pyridine rings is 1. The summed E-state index contributed by atoms with van der Waals surface area (Å²) >= 11 is 7.22. The molecule has 8 heteroatoms. The minimum atomic E-state index is -0.280. The van der Waals surface area contributed by atoms with Crippen LogP contribution in [0.15, 0.2) is 71.9 Å².